The van der Waals surface area contributed by atoms with E-state index in [1.54, 1.807) is 25.2 Å². The number of carbonyl (C=O) groups excluding carboxylic acids is 2. The van der Waals surface area contributed by atoms with E-state index in [-0.39, 0.29) is 17.9 Å². The highest BCUT2D eigenvalue weighted by atomic mass is 32.1. The highest BCUT2D eigenvalue weighted by Crippen LogP contribution is 2.28. The Morgan fingerprint density at radius 2 is 1.77 bits per heavy atom. The molecule has 0 spiro atoms. The average Bonchev–Trinajstić information content (AvgIpc) is 3.40. The van der Waals surface area contributed by atoms with Gasteiger partial charge in [0.2, 0.25) is 5.91 Å². The van der Waals surface area contributed by atoms with Crippen LogP contribution in [0.1, 0.15) is 48.0 Å². The number of hydrogen-bond acceptors (Lipinski definition) is 4. The molecule has 1 aliphatic rings. The lowest BCUT2D eigenvalue weighted by Crippen LogP contribution is -2.51. The van der Waals surface area contributed by atoms with Crippen LogP contribution in [0.2, 0.25) is 0 Å². The van der Waals surface area contributed by atoms with Crippen LogP contribution < -0.4 is 10.6 Å². The third-order valence-electron chi connectivity index (χ3n) is 5.35. The van der Waals surface area contributed by atoms with Gasteiger partial charge in [-0.25, -0.2) is 8.78 Å². The van der Waals surface area contributed by atoms with Crippen LogP contribution in [0, 0.1) is 17.6 Å². The van der Waals surface area contributed by atoms with E-state index in [0.717, 1.165) is 38.1 Å². The minimum absolute atomic E-state index is 0.0731. The zero-order chi connectivity index (χ0) is 21.7. The predicted octanol–water partition coefficient (Wildman–Crippen LogP) is 3.73. The maximum absolute atomic E-state index is 13.9. The van der Waals surface area contributed by atoms with Crippen molar-refractivity contribution in [2.75, 3.05) is 19.6 Å². The van der Waals surface area contributed by atoms with E-state index in [0.29, 0.717) is 6.54 Å². The van der Waals surface area contributed by atoms with E-state index in [1.165, 1.54) is 10.9 Å². The lowest BCUT2D eigenvalue weighted by Gasteiger charge is -2.28. The second kappa shape index (κ2) is 10.1. The van der Waals surface area contributed by atoms with Crippen molar-refractivity contribution in [3.05, 3.63) is 57.8 Å². The first kappa shape index (κ1) is 22.4. The van der Waals surface area contributed by atoms with Gasteiger partial charge in [-0.1, -0.05) is 26.0 Å². The lowest BCUT2D eigenvalue weighted by atomic mass is 10.0. The van der Waals surface area contributed by atoms with Crippen LogP contribution >= 0.6 is 11.3 Å². The van der Waals surface area contributed by atoms with Gasteiger partial charge in [-0.2, -0.15) is 0 Å². The normalized spacial score (nSPS) is 16.4. The Morgan fingerprint density at radius 1 is 1.10 bits per heavy atom. The quantitative estimate of drug-likeness (QED) is 0.664. The van der Waals surface area contributed by atoms with Crippen molar-refractivity contribution in [2.45, 2.75) is 38.8 Å². The summed E-state index contributed by atoms with van der Waals surface area (Å²) in [6.07, 6.45) is 2.27. The monoisotopic (exact) mass is 435 g/mol. The number of hydrogen-bond donors (Lipinski definition) is 2. The molecule has 0 aliphatic carbocycles. The third-order valence-corrected chi connectivity index (χ3v) is 6.32. The Balaban J connectivity index is 1.68. The van der Waals surface area contributed by atoms with E-state index in [1.807, 2.05) is 11.4 Å². The number of carbonyl (C=O) groups is 2. The minimum Gasteiger partial charge on any atom is -0.352 e. The van der Waals surface area contributed by atoms with Crippen molar-refractivity contribution in [2.24, 2.45) is 5.92 Å². The molecule has 2 amide bonds. The second-order valence-corrected chi connectivity index (χ2v) is 8.79. The molecule has 1 aromatic carbocycles. The van der Waals surface area contributed by atoms with Gasteiger partial charge in [-0.3, -0.25) is 14.5 Å². The molecule has 162 valence electrons. The van der Waals surface area contributed by atoms with Gasteiger partial charge in [0.1, 0.15) is 23.2 Å². The van der Waals surface area contributed by atoms with Gasteiger partial charge < -0.3 is 10.6 Å². The van der Waals surface area contributed by atoms with Gasteiger partial charge in [0, 0.05) is 11.4 Å². The lowest BCUT2D eigenvalue weighted by molar-refractivity contribution is -0.124. The summed E-state index contributed by atoms with van der Waals surface area (Å²) < 4.78 is 27.9. The Morgan fingerprint density at radius 3 is 2.33 bits per heavy atom. The topological polar surface area (TPSA) is 61.4 Å². The molecule has 8 heteroatoms. The van der Waals surface area contributed by atoms with Crippen molar-refractivity contribution >= 4 is 23.2 Å². The van der Waals surface area contributed by atoms with Crippen LogP contribution in [0.25, 0.3) is 0 Å². The first-order valence-electron chi connectivity index (χ1n) is 10.2. The van der Waals surface area contributed by atoms with Gasteiger partial charge in [-0.15, -0.1) is 11.3 Å². The van der Waals surface area contributed by atoms with Crippen molar-refractivity contribution in [1.29, 1.82) is 0 Å². The predicted molar refractivity (Wildman–Crippen MR) is 113 cm³/mol. The van der Waals surface area contributed by atoms with E-state index >= 15 is 0 Å². The Hall–Kier alpha value is -2.32. The van der Waals surface area contributed by atoms with Gasteiger partial charge in [0.15, 0.2) is 0 Å². The van der Waals surface area contributed by atoms with E-state index in [4.69, 9.17) is 0 Å². The summed E-state index contributed by atoms with van der Waals surface area (Å²) in [5, 5.41) is 7.45. The molecule has 3 rings (SSSR count). The molecule has 0 saturated carbocycles. The Labute approximate surface area is 179 Å². The number of benzene rings is 1. The van der Waals surface area contributed by atoms with Crippen LogP contribution in [-0.4, -0.2) is 42.4 Å². The molecule has 2 heterocycles. The van der Waals surface area contributed by atoms with E-state index in [9.17, 15) is 18.4 Å². The molecular weight excluding hydrogens is 408 g/mol. The van der Waals surface area contributed by atoms with Gasteiger partial charge in [0.25, 0.3) is 5.91 Å². The first-order chi connectivity index (χ1) is 14.4. The van der Waals surface area contributed by atoms with Crippen LogP contribution in [0.15, 0.2) is 35.7 Å². The summed E-state index contributed by atoms with van der Waals surface area (Å²) >= 11 is 1.65. The van der Waals surface area contributed by atoms with Crippen molar-refractivity contribution in [3.8, 4) is 0 Å². The molecule has 1 aromatic heterocycles. The Kier molecular flexibility index (Phi) is 7.55. The molecule has 0 radical (unpaired) electrons. The van der Waals surface area contributed by atoms with Crippen molar-refractivity contribution in [3.63, 3.8) is 0 Å². The molecule has 1 aliphatic heterocycles. The minimum atomic E-state index is -0.956. The summed E-state index contributed by atoms with van der Waals surface area (Å²) in [5.74, 6) is -3.47. The van der Waals surface area contributed by atoms with E-state index in [2.05, 4.69) is 21.6 Å². The maximum Gasteiger partial charge on any atom is 0.257 e. The average molecular weight is 436 g/mol. The molecule has 1 fully saturated rings. The molecule has 1 saturated heterocycles. The maximum atomic E-state index is 13.9. The molecule has 2 N–H and O–H groups in total. The largest absolute Gasteiger partial charge is 0.352 e. The summed E-state index contributed by atoms with van der Waals surface area (Å²) in [4.78, 5) is 28.9. The smallest absolute Gasteiger partial charge is 0.257 e. The van der Waals surface area contributed by atoms with Crippen molar-refractivity contribution < 1.29 is 18.4 Å². The SMILES string of the molecule is CC(C)C(NC(=O)c1c(F)cccc1F)C(=O)NCC(c1cccs1)N1CCCC1. The molecule has 2 aromatic rings. The molecule has 5 nitrogen and oxygen atoms in total. The molecule has 30 heavy (non-hydrogen) atoms. The number of rotatable bonds is 8. The second-order valence-electron chi connectivity index (χ2n) is 7.81. The number of likely N-dealkylation sites (tertiary alicyclic amines) is 1. The fraction of sp³-hybridized carbons (Fsp3) is 0.455. The Bertz CT molecular complexity index is 847. The standard InChI is InChI=1S/C22H27F2N3O2S/c1-14(2)20(26-21(28)19-15(23)7-5-8-16(19)24)22(29)25-13-17(18-9-6-12-30-18)27-10-3-4-11-27/h5-9,12,14,17,20H,3-4,10-11,13H2,1-2H3,(H,25,29)(H,26,28). The number of nitrogens with one attached hydrogen (secondary N) is 2. The first-order valence-corrected chi connectivity index (χ1v) is 11.1. The third kappa shape index (κ3) is 5.23. The number of halogens is 2. The fourth-order valence-corrected chi connectivity index (χ4v) is 4.57. The molecule has 2 atom stereocenters. The summed E-state index contributed by atoms with van der Waals surface area (Å²) in [5.41, 5.74) is -0.676. The summed E-state index contributed by atoms with van der Waals surface area (Å²) in [6.45, 7) is 5.93. The van der Waals surface area contributed by atoms with Gasteiger partial charge in [-0.05, 0) is 55.4 Å². The van der Waals surface area contributed by atoms with Crippen LogP contribution in [-0.2, 0) is 4.79 Å². The molecule has 2 unspecified atom stereocenters. The number of thiophene rings is 1. The highest BCUT2D eigenvalue weighted by molar-refractivity contribution is 7.10. The number of nitrogens with zero attached hydrogens (tertiary/aromatic N) is 1. The van der Waals surface area contributed by atoms with Gasteiger partial charge in [0.05, 0.1) is 6.04 Å². The molecule has 0 bridgehead atoms. The summed E-state index contributed by atoms with van der Waals surface area (Å²) in [7, 11) is 0. The molecular formula is C22H27F2N3O2S. The van der Waals surface area contributed by atoms with E-state index < -0.39 is 29.1 Å². The fourth-order valence-electron chi connectivity index (χ4n) is 3.71. The van der Waals surface area contributed by atoms with Crippen LogP contribution in [0.5, 0.6) is 0 Å². The van der Waals surface area contributed by atoms with Crippen LogP contribution in [0.3, 0.4) is 0 Å². The zero-order valence-corrected chi connectivity index (χ0v) is 18.0. The van der Waals surface area contributed by atoms with Gasteiger partial charge >= 0.3 is 0 Å². The highest BCUT2D eigenvalue weighted by Gasteiger charge is 2.29. The number of amides is 2. The van der Waals surface area contributed by atoms with Crippen LogP contribution in [0.4, 0.5) is 8.78 Å². The summed E-state index contributed by atoms with van der Waals surface area (Å²) in [6, 6.07) is 6.45. The zero-order valence-electron chi connectivity index (χ0n) is 17.2. The van der Waals surface area contributed by atoms with Crippen molar-refractivity contribution in [1.82, 2.24) is 15.5 Å².